The lowest BCUT2D eigenvalue weighted by Gasteiger charge is -2.33. The van der Waals surface area contributed by atoms with Gasteiger partial charge in [-0.3, -0.25) is 0 Å². The molecule has 1 aliphatic rings. The molecular formula is C13H27NSi. The molecular weight excluding hydrogens is 198 g/mol. The SMILES string of the molecule is C=C(C)[SiH](CC)C(C)N1CCCCCC1. The number of hydrogen-bond donors (Lipinski definition) is 0. The topological polar surface area (TPSA) is 3.24 Å². The van der Waals surface area contributed by atoms with Gasteiger partial charge >= 0.3 is 0 Å². The zero-order chi connectivity index (χ0) is 11.3. The summed E-state index contributed by atoms with van der Waals surface area (Å²) >= 11 is 0. The van der Waals surface area contributed by atoms with Crippen LogP contribution in [0.15, 0.2) is 11.8 Å². The van der Waals surface area contributed by atoms with Crippen LogP contribution >= 0.6 is 0 Å². The third-order valence-electron chi connectivity index (χ3n) is 3.87. The van der Waals surface area contributed by atoms with Gasteiger partial charge in [0, 0.05) is 5.67 Å². The fourth-order valence-electron chi connectivity index (χ4n) is 2.86. The fourth-order valence-corrected chi connectivity index (χ4v) is 5.87. The third-order valence-corrected chi connectivity index (χ3v) is 7.60. The second-order valence-corrected chi connectivity index (χ2v) is 9.03. The van der Waals surface area contributed by atoms with Gasteiger partial charge in [0.05, 0.1) is 8.80 Å². The van der Waals surface area contributed by atoms with Crippen molar-refractivity contribution in [3.8, 4) is 0 Å². The highest BCUT2D eigenvalue weighted by molar-refractivity contribution is 6.67. The standard InChI is InChI=1S/C13H27NSi/c1-5-15(12(2)3)13(4)14-10-8-6-7-9-11-14/h13,15H,2,5-11H2,1,3-4H3. The van der Waals surface area contributed by atoms with Gasteiger partial charge in [-0.1, -0.05) is 37.9 Å². The van der Waals surface area contributed by atoms with Crippen molar-refractivity contribution < 1.29 is 0 Å². The molecule has 88 valence electrons. The predicted octanol–water partition coefficient (Wildman–Crippen LogP) is 3.15. The molecule has 0 radical (unpaired) electrons. The Labute approximate surface area is 97.2 Å². The smallest absolute Gasteiger partial charge is 0.0827 e. The van der Waals surface area contributed by atoms with E-state index < -0.39 is 8.80 Å². The maximum absolute atomic E-state index is 4.20. The number of allylic oxidation sites excluding steroid dienone is 1. The molecule has 1 saturated heterocycles. The Balaban J connectivity index is 2.55. The van der Waals surface area contributed by atoms with E-state index in [1.807, 2.05) is 0 Å². The summed E-state index contributed by atoms with van der Waals surface area (Å²) in [7, 11) is -0.742. The second kappa shape index (κ2) is 6.49. The lowest BCUT2D eigenvalue weighted by atomic mass is 10.2. The molecule has 15 heavy (non-hydrogen) atoms. The molecule has 0 bridgehead atoms. The summed E-state index contributed by atoms with van der Waals surface area (Å²) in [4.78, 5) is 2.74. The third kappa shape index (κ3) is 3.76. The summed E-state index contributed by atoms with van der Waals surface area (Å²) in [6.45, 7) is 13.9. The van der Waals surface area contributed by atoms with Crippen LogP contribution < -0.4 is 0 Å². The largest absolute Gasteiger partial charge is 0.303 e. The second-order valence-electron chi connectivity index (χ2n) is 5.05. The van der Waals surface area contributed by atoms with E-state index in [1.54, 1.807) is 0 Å². The maximum atomic E-state index is 4.20. The molecule has 2 heteroatoms. The van der Waals surface area contributed by atoms with Crippen LogP contribution in [0.25, 0.3) is 0 Å². The summed E-state index contributed by atoms with van der Waals surface area (Å²) in [5.74, 6) is 0. The quantitative estimate of drug-likeness (QED) is 0.664. The van der Waals surface area contributed by atoms with Gasteiger partial charge in [0.1, 0.15) is 0 Å². The Kier molecular flexibility index (Phi) is 5.62. The normalized spacial score (nSPS) is 23.1. The van der Waals surface area contributed by atoms with Gasteiger partial charge in [-0.25, -0.2) is 0 Å². The summed E-state index contributed by atoms with van der Waals surface area (Å²) in [5, 5.41) is 1.49. The lowest BCUT2D eigenvalue weighted by molar-refractivity contribution is 0.268. The van der Waals surface area contributed by atoms with Crippen molar-refractivity contribution >= 4 is 8.80 Å². The van der Waals surface area contributed by atoms with Crippen LogP contribution in [0.2, 0.25) is 6.04 Å². The van der Waals surface area contributed by atoms with Gasteiger partial charge in [0.25, 0.3) is 0 Å². The molecule has 0 spiro atoms. The Bertz CT molecular complexity index is 195. The van der Waals surface area contributed by atoms with E-state index in [2.05, 4.69) is 32.3 Å². The monoisotopic (exact) mass is 225 g/mol. The minimum atomic E-state index is -0.742. The van der Waals surface area contributed by atoms with E-state index in [0.717, 1.165) is 5.67 Å². The molecule has 1 rings (SSSR count). The molecule has 1 heterocycles. The lowest BCUT2D eigenvalue weighted by Crippen LogP contribution is -2.45. The van der Waals surface area contributed by atoms with E-state index in [4.69, 9.17) is 0 Å². The molecule has 0 aromatic heterocycles. The number of likely N-dealkylation sites (tertiary alicyclic amines) is 1. The van der Waals surface area contributed by atoms with E-state index >= 15 is 0 Å². The molecule has 0 N–H and O–H groups in total. The summed E-state index contributed by atoms with van der Waals surface area (Å²) in [6, 6.07) is 1.37. The molecule has 0 amide bonds. The highest BCUT2D eigenvalue weighted by Gasteiger charge is 2.24. The fraction of sp³-hybridized carbons (Fsp3) is 0.846. The van der Waals surface area contributed by atoms with E-state index in [-0.39, 0.29) is 0 Å². The highest BCUT2D eigenvalue weighted by atomic mass is 28.3. The van der Waals surface area contributed by atoms with Crippen LogP contribution in [0.5, 0.6) is 0 Å². The number of nitrogens with zero attached hydrogens (tertiary/aromatic N) is 1. The van der Waals surface area contributed by atoms with Gasteiger partial charge in [-0.2, -0.15) is 0 Å². The average Bonchev–Trinajstić information content (AvgIpc) is 2.45. The van der Waals surface area contributed by atoms with Crippen molar-refractivity contribution in [3.05, 3.63) is 11.8 Å². The summed E-state index contributed by atoms with van der Waals surface area (Å²) < 4.78 is 0. The molecule has 0 aromatic carbocycles. The number of rotatable bonds is 4. The molecule has 1 nitrogen and oxygen atoms in total. The molecule has 1 fully saturated rings. The average molecular weight is 225 g/mol. The van der Waals surface area contributed by atoms with Crippen LogP contribution in [0, 0.1) is 0 Å². The molecule has 1 aliphatic heterocycles. The van der Waals surface area contributed by atoms with Crippen LogP contribution in [-0.2, 0) is 0 Å². The molecule has 0 aliphatic carbocycles. The Morgan fingerprint density at radius 3 is 2.20 bits per heavy atom. The zero-order valence-electron chi connectivity index (χ0n) is 10.8. The van der Waals surface area contributed by atoms with Crippen LogP contribution in [-0.4, -0.2) is 32.5 Å². The van der Waals surface area contributed by atoms with Gasteiger partial charge in [0.15, 0.2) is 0 Å². The first-order valence-electron chi connectivity index (χ1n) is 6.56. The van der Waals surface area contributed by atoms with Crippen LogP contribution in [0.3, 0.4) is 0 Å². The molecule has 0 aromatic rings. The summed E-state index contributed by atoms with van der Waals surface area (Å²) in [6.07, 6.45) is 5.69. The molecule has 0 saturated carbocycles. The Morgan fingerprint density at radius 1 is 1.27 bits per heavy atom. The first-order chi connectivity index (χ1) is 7.16. The minimum absolute atomic E-state index is 0.742. The zero-order valence-corrected chi connectivity index (χ0v) is 11.9. The van der Waals surface area contributed by atoms with Crippen molar-refractivity contribution in [2.45, 2.75) is 58.2 Å². The first kappa shape index (κ1) is 13.0. The van der Waals surface area contributed by atoms with E-state index in [9.17, 15) is 0 Å². The highest BCUT2D eigenvalue weighted by Crippen LogP contribution is 2.18. The first-order valence-corrected chi connectivity index (χ1v) is 8.62. The van der Waals surface area contributed by atoms with Crippen molar-refractivity contribution in [1.82, 2.24) is 4.90 Å². The van der Waals surface area contributed by atoms with Crippen molar-refractivity contribution in [3.63, 3.8) is 0 Å². The Hall–Kier alpha value is -0.0831. The maximum Gasteiger partial charge on any atom is 0.0827 e. The van der Waals surface area contributed by atoms with Crippen molar-refractivity contribution in [2.75, 3.05) is 13.1 Å². The van der Waals surface area contributed by atoms with Gasteiger partial charge < -0.3 is 4.90 Å². The van der Waals surface area contributed by atoms with E-state index in [1.165, 1.54) is 50.0 Å². The van der Waals surface area contributed by atoms with Gasteiger partial charge in [0.2, 0.25) is 0 Å². The minimum Gasteiger partial charge on any atom is -0.303 e. The number of hydrogen-bond acceptors (Lipinski definition) is 1. The van der Waals surface area contributed by atoms with Gasteiger partial charge in [-0.15, -0.1) is 6.58 Å². The van der Waals surface area contributed by atoms with E-state index in [0.29, 0.717) is 0 Å². The predicted molar refractivity (Wildman–Crippen MR) is 71.9 cm³/mol. The van der Waals surface area contributed by atoms with Crippen LogP contribution in [0.1, 0.15) is 46.5 Å². The summed E-state index contributed by atoms with van der Waals surface area (Å²) in [5.41, 5.74) is 0.825. The molecule has 2 unspecified atom stereocenters. The van der Waals surface area contributed by atoms with Crippen LogP contribution in [0.4, 0.5) is 0 Å². The van der Waals surface area contributed by atoms with Crippen molar-refractivity contribution in [1.29, 1.82) is 0 Å². The van der Waals surface area contributed by atoms with Crippen molar-refractivity contribution in [2.24, 2.45) is 0 Å². The van der Waals surface area contributed by atoms with Gasteiger partial charge in [-0.05, 0) is 32.9 Å². The molecule has 2 atom stereocenters. The Morgan fingerprint density at radius 2 is 1.80 bits per heavy atom.